The lowest BCUT2D eigenvalue weighted by molar-refractivity contribution is -0.123. The molecule has 3 aromatic rings. The molecule has 1 atom stereocenters. The molecule has 0 radical (unpaired) electrons. The lowest BCUT2D eigenvalue weighted by Gasteiger charge is -2.11. The van der Waals surface area contributed by atoms with Gasteiger partial charge in [0.05, 0.1) is 17.1 Å². The molecule has 0 saturated carbocycles. The van der Waals surface area contributed by atoms with Gasteiger partial charge in [0.1, 0.15) is 5.92 Å². The molecule has 0 bridgehead atoms. The number of pyridine rings is 1. The number of hydrogen-bond acceptors (Lipinski definition) is 4. The molecule has 2 heterocycles. The zero-order chi connectivity index (χ0) is 18.7. The van der Waals surface area contributed by atoms with Crippen molar-refractivity contribution in [2.45, 2.75) is 13.0 Å². The second kappa shape index (κ2) is 7.23. The summed E-state index contributed by atoms with van der Waals surface area (Å²) in [6.07, 6.45) is 3.62. The fraction of sp³-hybridized carbons (Fsp3) is 0.263. The molecule has 0 aliphatic heterocycles. The summed E-state index contributed by atoms with van der Waals surface area (Å²) in [7, 11) is 3.42. The van der Waals surface area contributed by atoms with Gasteiger partial charge in [-0.3, -0.25) is 18.9 Å². The first kappa shape index (κ1) is 17.4. The molecular weight excluding hydrogens is 330 g/mol. The second-order valence-electron chi connectivity index (χ2n) is 6.19. The normalized spacial score (nSPS) is 11.9. The number of nitrogens with one attached hydrogen (secondary N) is 1. The minimum absolute atomic E-state index is 0.108. The molecular formula is C19H19N5O2. The van der Waals surface area contributed by atoms with Crippen LogP contribution in [0.1, 0.15) is 11.1 Å². The van der Waals surface area contributed by atoms with Gasteiger partial charge in [0.15, 0.2) is 0 Å². The number of imidazole rings is 1. The van der Waals surface area contributed by atoms with E-state index in [-0.39, 0.29) is 18.0 Å². The van der Waals surface area contributed by atoms with Crippen LogP contribution in [0.4, 0.5) is 0 Å². The number of carbonyl (C=O) groups excluding carboxylic acids is 1. The van der Waals surface area contributed by atoms with Crippen LogP contribution in [0.3, 0.4) is 0 Å². The maximum atomic E-state index is 12.3. The van der Waals surface area contributed by atoms with E-state index in [1.165, 1.54) is 0 Å². The van der Waals surface area contributed by atoms with E-state index >= 15 is 0 Å². The van der Waals surface area contributed by atoms with Gasteiger partial charge in [-0.15, -0.1) is 0 Å². The standard InChI is InChI=1S/C19H19N5O2/c1-23-16-6-5-13(9-17(16)24(2)19(23)26)8-15(10-20)18(25)22-12-14-4-3-7-21-11-14/h3-7,9,11,15H,8,12H2,1-2H3,(H,22,25)/t15-/m0/s1. The van der Waals surface area contributed by atoms with E-state index in [0.29, 0.717) is 6.54 Å². The van der Waals surface area contributed by atoms with Gasteiger partial charge in [-0.1, -0.05) is 12.1 Å². The number of nitriles is 1. The first-order valence-electron chi connectivity index (χ1n) is 8.22. The Kier molecular flexibility index (Phi) is 4.85. The Morgan fingerprint density at radius 1 is 1.23 bits per heavy atom. The minimum Gasteiger partial charge on any atom is -0.351 e. The van der Waals surface area contributed by atoms with Gasteiger partial charge in [0.25, 0.3) is 0 Å². The maximum Gasteiger partial charge on any atom is 0.328 e. The molecule has 132 valence electrons. The summed E-state index contributed by atoms with van der Waals surface area (Å²) < 4.78 is 3.13. The monoisotopic (exact) mass is 349 g/mol. The highest BCUT2D eigenvalue weighted by Gasteiger charge is 2.19. The van der Waals surface area contributed by atoms with Gasteiger partial charge < -0.3 is 5.32 Å². The van der Waals surface area contributed by atoms with Crippen molar-refractivity contribution in [3.63, 3.8) is 0 Å². The molecule has 0 spiro atoms. The van der Waals surface area contributed by atoms with E-state index in [0.717, 1.165) is 22.2 Å². The van der Waals surface area contributed by atoms with Crippen molar-refractivity contribution in [3.8, 4) is 6.07 Å². The molecule has 26 heavy (non-hydrogen) atoms. The zero-order valence-electron chi connectivity index (χ0n) is 14.6. The summed E-state index contributed by atoms with van der Waals surface area (Å²) in [5, 5.41) is 12.2. The summed E-state index contributed by atoms with van der Waals surface area (Å²) in [6.45, 7) is 0.330. The van der Waals surface area contributed by atoms with Gasteiger partial charge in [0.2, 0.25) is 5.91 Å². The number of aryl methyl sites for hydroxylation is 2. The van der Waals surface area contributed by atoms with Crippen molar-refractivity contribution >= 4 is 16.9 Å². The Morgan fingerprint density at radius 3 is 2.69 bits per heavy atom. The molecule has 2 aromatic heterocycles. The van der Waals surface area contributed by atoms with Crippen LogP contribution >= 0.6 is 0 Å². The van der Waals surface area contributed by atoms with E-state index in [1.807, 2.05) is 24.3 Å². The number of benzene rings is 1. The SMILES string of the molecule is Cn1c(=O)n(C)c2cc(C[C@@H](C#N)C(=O)NCc3cccnc3)ccc21. The Balaban J connectivity index is 1.74. The molecule has 7 nitrogen and oxygen atoms in total. The smallest absolute Gasteiger partial charge is 0.328 e. The quantitative estimate of drug-likeness (QED) is 0.751. The number of hydrogen-bond donors (Lipinski definition) is 1. The van der Waals surface area contributed by atoms with E-state index in [4.69, 9.17) is 0 Å². The predicted molar refractivity (Wildman–Crippen MR) is 97.1 cm³/mol. The van der Waals surface area contributed by atoms with Crippen molar-refractivity contribution in [3.05, 3.63) is 64.3 Å². The molecule has 0 aliphatic rings. The van der Waals surface area contributed by atoms with E-state index in [2.05, 4.69) is 16.4 Å². The summed E-state index contributed by atoms with van der Waals surface area (Å²) in [5.74, 6) is -1.12. The van der Waals surface area contributed by atoms with E-state index in [1.54, 1.807) is 41.7 Å². The highest BCUT2D eigenvalue weighted by atomic mass is 16.2. The Bertz CT molecular complexity index is 1040. The molecule has 0 fully saturated rings. The van der Waals surface area contributed by atoms with Crippen LogP contribution in [-0.2, 0) is 31.9 Å². The molecule has 3 rings (SSSR count). The lowest BCUT2D eigenvalue weighted by Crippen LogP contribution is -2.30. The molecule has 7 heteroatoms. The van der Waals surface area contributed by atoms with Crippen LogP contribution in [0, 0.1) is 17.2 Å². The van der Waals surface area contributed by atoms with Crippen LogP contribution in [-0.4, -0.2) is 20.0 Å². The van der Waals surface area contributed by atoms with Crippen LogP contribution in [0.5, 0.6) is 0 Å². The molecule has 0 unspecified atom stereocenters. The first-order valence-corrected chi connectivity index (χ1v) is 8.22. The molecule has 1 N–H and O–H groups in total. The maximum absolute atomic E-state index is 12.3. The lowest BCUT2D eigenvalue weighted by atomic mass is 9.99. The van der Waals surface area contributed by atoms with Crippen molar-refractivity contribution in [2.24, 2.45) is 20.0 Å². The Hall–Kier alpha value is -3.40. The molecule has 0 saturated heterocycles. The Labute approximate surface area is 150 Å². The predicted octanol–water partition coefficient (Wildman–Crippen LogP) is 1.27. The third-order valence-corrected chi connectivity index (χ3v) is 4.44. The third-order valence-electron chi connectivity index (χ3n) is 4.44. The van der Waals surface area contributed by atoms with Crippen molar-refractivity contribution < 1.29 is 4.79 Å². The van der Waals surface area contributed by atoms with Gasteiger partial charge in [0, 0.05) is 33.0 Å². The summed E-state index contributed by atoms with van der Waals surface area (Å²) >= 11 is 0. The van der Waals surface area contributed by atoms with Crippen LogP contribution < -0.4 is 11.0 Å². The number of amides is 1. The fourth-order valence-corrected chi connectivity index (χ4v) is 2.93. The van der Waals surface area contributed by atoms with Gasteiger partial charge >= 0.3 is 5.69 Å². The molecule has 0 aliphatic carbocycles. The van der Waals surface area contributed by atoms with E-state index in [9.17, 15) is 14.9 Å². The van der Waals surface area contributed by atoms with Crippen LogP contribution in [0.2, 0.25) is 0 Å². The number of nitrogens with zero attached hydrogens (tertiary/aromatic N) is 4. The number of aromatic nitrogens is 3. The number of carbonyl (C=O) groups is 1. The third kappa shape index (κ3) is 3.35. The largest absolute Gasteiger partial charge is 0.351 e. The van der Waals surface area contributed by atoms with Crippen molar-refractivity contribution in [1.29, 1.82) is 5.26 Å². The first-order chi connectivity index (χ1) is 12.5. The van der Waals surface area contributed by atoms with Crippen LogP contribution in [0.15, 0.2) is 47.5 Å². The Morgan fingerprint density at radius 2 is 2.00 bits per heavy atom. The second-order valence-corrected chi connectivity index (χ2v) is 6.19. The molecule has 1 amide bonds. The summed E-state index contributed by atoms with van der Waals surface area (Å²) in [4.78, 5) is 28.3. The number of rotatable bonds is 5. The highest BCUT2D eigenvalue weighted by molar-refractivity contribution is 5.82. The van der Waals surface area contributed by atoms with Crippen molar-refractivity contribution in [2.75, 3.05) is 0 Å². The topological polar surface area (TPSA) is 92.7 Å². The number of fused-ring (bicyclic) bond motifs is 1. The summed E-state index contributed by atoms with van der Waals surface area (Å²) in [5.41, 5.74) is 3.20. The average Bonchev–Trinajstić information content (AvgIpc) is 2.89. The summed E-state index contributed by atoms with van der Waals surface area (Å²) in [6, 6.07) is 11.3. The van der Waals surface area contributed by atoms with E-state index < -0.39 is 5.92 Å². The molecule has 1 aromatic carbocycles. The van der Waals surface area contributed by atoms with Gasteiger partial charge in [-0.2, -0.15) is 5.26 Å². The van der Waals surface area contributed by atoms with Crippen LogP contribution in [0.25, 0.3) is 11.0 Å². The highest BCUT2D eigenvalue weighted by Crippen LogP contribution is 2.17. The fourth-order valence-electron chi connectivity index (χ4n) is 2.93. The minimum atomic E-state index is -0.801. The van der Waals surface area contributed by atoms with Gasteiger partial charge in [-0.05, 0) is 35.7 Å². The average molecular weight is 349 g/mol. The van der Waals surface area contributed by atoms with Gasteiger partial charge in [-0.25, -0.2) is 4.79 Å². The van der Waals surface area contributed by atoms with Crippen molar-refractivity contribution in [1.82, 2.24) is 19.4 Å². The zero-order valence-corrected chi connectivity index (χ0v) is 14.6.